The zero-order chi connectivity index (χ0) is 19.9. The van der Waals surface area contributed by atoms with E-state index in [-0.39, 0.29) is 6.09 Å². The molecule has 7 nitrogen and oxygen atoms in total. The van der Waals surface area contributed by atoms with Crippen molar-refractivity contribution in [1.82, 2.24) is 15.1 Å². The Bertz CT molecular complexity index is 608. The van der Waals surface area contributed by atoms with Gasteiger partial charge in [-0.05, 0) is 63.9 Å². The average Bonchev–Trinajstić information content (AvgIpc) is 2.60. The van der Waals surface area contributed by atoms with Gasteiger partial charge in [0, 0.05) is 39.3 Å². The highest BCUT2D eigenvalue weighted by atomic mass is 16.6. The van der Waals surface area contributed by atoms with Crippen molar-refractivity contribution in [2.75, 3.05) is 39.3 Å². The minimum absolute atomic E-state index is 0.339. The molecule has 1 amide bonds. The Morgan fingerprint density at radius 1 is 1.19 bits per heavy atom. The number of rotatable bonds is 7. The monoisotopic (exact) mass is 378 g/mol. The molecule has 0 spiro atoms. The summed E-state index contributed by atoms with van der Waals surface area (Å²) in [4.78, 5) is 21.3. The fourth-order valence-corrected chi connectivity index (χ4v) is 3.14. The van der Waals surface area contributed by atoms with Crippen LogP contribution in [0.15, 0.2) is 18.2 Å². The van der Waals surface area contributed by atoms with Crippen LogP contribution < -0.4 is 16.1 Å². The smallest absolute Gasteiger partial charge is 0.407 e. The molecule has 2 rings (SSSR count). The van der Waals surface area contributed by atoms with E-state index in [4.69, 9.17) is 15.5 Å². The van der Waals surface area contributed by atoms with Crippen molar-refractivity contribution >= 4 is 6.09 Å². The van der Waals surface area contributed by atoms with Gasteiger partial charge in [-0.15, -0.1) is 0 Å². The van der Waals surface area contributed by atoms with Gasteiger partial charge in [0.05, 0.1) is 0 Å². The van der Waals surface area contributed by atoms with Crippen molar-refractivity contribution in [3.05, 3.63) is 29.3 Å². The van der Waals surface area contributed by atoms with Crippen LogP contribution in [0.1, 0.15) is 38.3 Å². The quantitative estimate of drug-likeness (QED) is 0.560. The van der Waals surface area contributed by atoms with Crippen molar-refractivity contribution in [2.24, 2.45) is 5.90 Å². The number of carbonyl (C=O) groups is 1. The molecule has 0 radical (unpaired) electrons. The van der Waals surface area contributed by atoms with Crippen LogP contribution >= 0.6 is 0 Å². The molecule has 1 aromatic carbocycles. The van der Waals surface area contributed by atoms with E-state index >= 15 is 0 Å². The number of hydrogen-bond donors (Lipinski definition) is 2. The van der Waals surface area contributed by atoms with E-state index in [1.807, 2.05) is 32.9 Å². The maximum Gasteiger partial charge on any atom is 0.407 e. The summed E-state index contributed by atoms with van der Waals surface area (Å²) in [5.74, 6) is 5.91. The Labute approximate surface area is 162 Å². The van der Waals surface area contributed by atoms with E-state index in [2.05, 4.69) is 28.1 Å². The predicted octanol–water partition coefficient (Wildman–Crippen LogP) is 2.28. The van der Waals surface area contributed by atoms with Gasteiger partial charge in [0.15, 0.2) is 0 Å². The summed E-state index contributed by atoms with van der Waals surface area (Å²) in [7, 11) is 0. The van der Waals surface area contributed by atoms with Gasteiger partial charge in [-0.1, -0.05) is 6.07 Å². The van der Waals surface area contributed by atoms with Crippen LogP contribution in [0.25, 0.3) is 0 Å². The lowest BCUT2D eigenvalue weighted by atomic mass is 10.1. The maximum absolute atomic E-state index is 11.6. The van der Waals surface area contributed by atoms with Crippen LogP contribution in [0, 0.1) is 6.92 Å². The van der Waals surface area contributed by atoms with Crippen LogP contribution in [-0.4, -0.2) is 60.8 Å². The van der Waals surface area contributed by atoms with Gasteiger partial charge >= 0.3 is 6.09 Å². The number of hydrogen-bond acceptors (Lipinski definition) is 6. The van der Waals surface area contributed by atoms with Crippen LogP contribution in [0.5, 0.6) is 5.75 Å². The number of benzene rings is 1. The Morgan fingerprint density at radius 2 is 1.85 bits per heavy atom. The van der Waals surface area contributed by atoms with Crippen LogP contribution in [0.2, 0.25) is 0 Å². The average molecular weight is 379 g/mol. The first-order valence-electron chi connectivity index (χ1n) is 9.64. The first-order valence-corrected chi connectivity index (χ1v) is 9.64. The van der Waals surface area contributed by atoms with Crippen molar-refractivity contribution in [1.29, 1.82) is 0 Å². The van der Waals surface area contributed by atoms with Gasteiger partial charge in [-0.3, -0.25) is 4.90 Å². The molecule has 0 atom stereocenters. The molecule has 7 heteroatoms. The zero-order valence-corrected chi connectivity index (χ0v) is 17.1. The molecule has 0 aromatic heterocycles. The molecule has 1 aromatic rings. The first kappa shape index (κ1) is 21.5. The molecule has 0 saturated carbocycles. The number of aryl methyl sites for hydroxylation is 1. The molecule has 0 unspecified atom stereocenters. The number of ether oxygens (including phenoxy) is 1. The lowest BCUT2D eigenvalue weighted by Crippen LogP contribution is -2.46. The molecule has 1 fully saturated rings. The third-order valence-electron chi connectivity index (χ3n) is 4.63. The van der Waals surface area contributed by atoms with E-state index in [0.29, 0.717) is 12.3 Å². The first-order chi connectivity index (χ1) is 12.8. The number of piperazine rings is 1. The third kappa shape index (κ3) is 7.74. The molecular formula is C20H34N4O3. The van der Waals surface area contributed by atoms with Crippen molar-refractivity contribution in [3.63, 3.8) is 0 Å². The Morgan fingerprint density at radius 3 is 2.44 bits per heavy atom. The van der Waals surface area contributed by atoms with Crippen LogP contribution in [-0.2, 0) is 11.3 Å². The fourth-order valence-electron chi connectivity index (χ4n) is 3.14. The van der Waals surface area contributed by atoms with Crippen molar-refractivity contribution < 1.29 is 14.4 Å². The number of alkyl carbamates (subject to hydrolysis) is 1. The summed E-state index contributed by atoms with van der Waals surface area (Å²) in [6, 6.07) is 5.98. The van der Waals surface area contributed by atoms with Gasteiger partial charge in [0.1, 0.15) is 11.4 Å². The summed E-state index contributed by atoms with van der Waals surface area (Å²) < 4.78 is 5.24. The second kappa shape index (κ2) is 9.92. The second-order valence-electron chi connectivity index (χ2n) is 8.11. The number of nitrogens with two attached hydrogens (primary N) is 1. The van der Waals surface area contributed by atoms with Gasteiger partial charge < -0.3 is 19.8 Å². The van der Waals surface area contributed by atoms with Gasteiger partial charge in [0.2, 0.25) is 0 Å². The van der Waals surface area contributed by atoms with E-state index in [1.165, 1.54) is 11.1 Å². The summed E-state index contributed by atoms with van der Waals surface area (Å²) in [5, 5.41) is 2.82. The molecule has 1 aliphatic rings. The molecule has 3 N–H and O–H groups in total. The van der Waals surface area contributed by atoms with Crippen LogP contribution in [0.3, 0.4) is 0 Å². The Kier molecular flexibility index (Phi) is 7.89. The number of carbonyl (C=O) groups excluding carboxylic acids is 1. The summed E-state index contributed by atoms with van der Waals surface area (Å²) in [5.41, 5.74) is 2.07. The van der Waals surface area contributed by atoms with Gasteiger partial charge in [-0.25, -0.2) is 4.79 Å². The number of nitrogens with one attached hydrogen (secondary N) is 1. The highest BCUT2D eigenvalue weighted by molar-refractivity contribution is 5.67. The van der Waals surface area contributed by atoms with E-state index in [1.54, 1.807) is 0 Å². The standard InChI is InChI=1S/C20H34N4O3/c1-16-14-18(27-21)7-6-17(16)15-24-12-10-23(11-13-24)9-5-8-22-19(25)26-20(2,3)4/h6-7,14H,5,8-13,15,21H2,1-4H3,(H,22,25). The maximum atomic E-state index is 11.6. The van der Waals surface area contributed by atoms with E-state index < -0.39 is 5.60 Å². The molecular weight excluding hydrogens is 344 g/mol. The highest BCUT2D eigenvalue weighted by Gasteiger charge is 2.18. The molecule has 152 valence electrons. The summed E-state index contributed by atoms with van der Waals surface area (Å²) in [6.45, 7) is 14.5. The van der Waals surface area contributed by atoms with Gasteiger partial charge in [-0.2, -0.15) is 5.90 Å². The second-order valence-corrected chi connectivity index (χ2v) is 8.11. The third-order valence-corrected chi connectivity index (χ3v) is 4.63. The normalized spacial score (nSPS) is 16.2. The minimum atomic E-state index is -0.448. The molecule has 1 aliphatic heterocycles. The molecule has 0 bridgehead atoms. The lowest BCUT2D eigenvalue weighted by Gasteiger charge is -2.35. The van der Waals surface area contributed by atoms with Crippen molar-refractivity contribution in [3.8, 4) is 5.75 Å². The number of amides is 1. The molecule has 27 heavy (non-hydrogen) atoms. The zero-order valence-electron chi connectivity index (χ0n) is 17.1. The van der Waals surface area contributed by atoms with Gasteiger partial charge in [0.25, 0.3) is 0 Å². The summed E-state index contributed by atoms with van der Waals surface area (Å²) >= 11 is 0. The SMILES string of the molecule is Cc1cc(ON)ccc1CN1CCN(CCCNC(=O)OC(C)(C)C)CC1. The number of nitrogens with zero attached hydrogens (tertiary/aromatic N) is 2. The Balaban J connectivity index is 1.63. The van der Waals surface area contributed by atoms with E-state index in [0.717, 1.165) is 45.7 Å². The van der Waals surface area contributed by atoms with Crippen LogP contribution in [0.4, 0.5) is 4.79 Å². The largest absolute Gasteiger partial charge is 0.444 e. The molecule has 0 aliphatic carbocycles. The summed E-state index contributed by atoms with van der Waals surface area (Å²) in [6.07, 6.45) is 0.590. The van der Waals surface area contributed by atoms with E-state index in [9.17, 15) is 4.79 Å². The fraction of sp³-hybridized carbons (Fsp3) is 0.650. The predicted molar refractivity (Wildman–Crippen MR) is 107 cm³/mol. The lowest BCUT2D eigenvalue weighted by molar-refractivity contribution is 0.0524. The topological polar surface area (TPSA) is 80.1 Å². The highest BCUT2D eigenvalue weighted by Crippen LogP contribution is 2.18. The Hall–Kier alpha value is -1.83. The minimum Gasteiger partial charge on any atom is -0.444 e. The van der Waals surface area contributed by atoms with Crippen molar-refractivity contribution in [2.45, 2.75) is 46.3 Å². The molecule has 1 saturated heterocycles. The molecule has 1 heterocycles.